The number of benzene rings is 4. The summed E-state index contributed by atoms with van der Waals surface area (Å²) in [5.41, 5.74) is 0.992. The highest BCUT2D eigenvalue weighted by Gasteiger charge is 2.27. The van der Waals surface area contributed by atoms with Gasteiger partial charge in [-0.15, -0.1) is 0 Å². The summed E-state index contributed by atoms with van der Waals surface area (Å²) in [6.07, 6.45) is 2.23. The van der Waals surface area contributed by atoms with E-state index in [4.69, 9.17) is 14.2 Å². The summed E-state index contributed by atoms with van der Waals surface area (Å²) in [6.45, 7) is 5.19. The number of halogens is 2. The maximum atomic E-state index is 14.8. The third-order valence-electron chi connectivity index (χ3n) is 9.94. The van der Waals surface area contributed by atoms with E-state index in [-0.39, 0.29) is 75.4 Å². The van der Waals surface area contributed by atoms with E-state index in [0.29, 0.717) is 17.7 Å². The molecule has 16 nitrogen and oxygen atoms in total. The van der Waals surface area contributed by atoms with Crippen LogP contribution in [0.2, 0.25) is 0 Å². The molecule has 20 heteroatoms. The van der Waals surface area contributed by atoms with Gasteiger partial charge in [0.2, 0.25) is 0 Å². The van der Waals surface area contributed by atoms with Crippen LogP contribution in [0.5, 0.6) is 11.5 Å². The fourth-order valence-electron chi connectivity index (χ4n) is 6.41. The van der Waals surface area contributed by atoms with E-state index in [1.54, 1.807) is 86.3 Å². The lowest BCUT2D eigenvalue weighted by Crippen LogP contribution is -2.33. The third kappa shape index (κ3) is 13.6. The van der Waals surface area contributed by atoms with Crippen molar-refractivity contribution in [3.63, 3.8) is 0 Å². The van der Waals surface area contributed by atoms with Gasteiger partial charge in [0, 0.05) is 77.4 Å². The minimum atomic E-state index is -4.24. The molecular formula is C49H56F2N6O10S2. The molecule has 0 spiro atoms. The maximum absolute atomic E-state index is 14.8. The molecule has 4 aromatic carbocycles. The highest BCUT2D eigenvalue weighted by atomic mass is 32.2. The van der Waals surface area contributed by atoms with Crippen LogP contribution < -0.4 is 14.8 Å². The van der Waals surface area contributed by atoms with Crippen LogP contribution in [0.3, 0.4) is 0 Å². The van der Waals surface area contributed by atoms with Gasteiger partial charge < -0.3 is 34.2 Å². The lowest BCUT2D eigenvalue weighted by Gasteiger charge is -2.24. The molecule has 0 aliphatic rings. The summed E-state index contributed by atoms with van der Waals surface area (Å²) in [5, 5.41) is 2.97. The van der Waals surface area contributed by atoms with Crippen LogP contribution in [0.1, 0.15) is 31.9 Å². The molecule has 0 saturated heterocycles. The van der Waals surface area contributed by atoms with Crippen molar-refractivity contribution in [3.8, 4) is 34.0 Å². The minimum Gasteiger partial charge on any atom is -0.484 e. The van der Waals surface area contributed by atoms with E-state index in [1.807, 2.05) is 0 Å². The Balaban J connectivity index is 0.000000263. The lowest BCUT2D eigenvalue weighted by atomic mass is 10.1. The summed E-state index contributed by atoms with van der Waals surface area (Å²) in [7, 11) is 1.34. The second-order valence-electron chi connectivity index (χ2n) is 17.0. The quantitative estimate of drug-likeness (QED) is 0.105. The van der Waals surface area contributed by atoms with Gasteiger partial charge in [0.25, 0.3) is 31.9 Å². The van der Waals surface area contributed by atoms with Crippen molar-refractivity contribution in [2.45, 2.75) is 49.3 Å². The molecule has 0 saturated carbocycles. The van der Waals surface area contributed by atoms with E-state index in [0.717, 1.165) is 7.94 Å². The second-order valence-corrected chi connectivity index (χ2v) is 20.6. The number of nitrogens with one attached hydrogen (secondary N) is 1. The Morgan fingerprint density at radius 1 is 0.609 bits per heavy atom. The number of aromatic nitrogens is 2. The zero-order chi connectivity index (χ0) is 50.8. The van der Waals surface area contributed by atoms with Crippen molar-refractivity contribution in [3.05, 3.63) is 144 Å². The Morgan fingerprint density at radius 3 is 1.43 bits per heavy atom. The van der Waals surface area contributed by atoms with E-state index in [2.05, 4.69) is 5.32 Å². The molecule has 2 heterocycles. The smallest absolute Gasteiger partial charge is 0.410 e. The molecule has 368 valence electrons. The zero-order valence-corrected chi connectivity index (χ0v) is 41.4. The summed E-state index contributed by atoms with van der Waals surface area (Å²) >= 11 is 0. The molecule has 0 unspecified atom stereocenters. The molecule has 0 atom stereocenters. The fraction of sp³-hybridized carbons (Fsp3) is 0.286. The molecule has 1 N–H and O–H groups in total. The van der Waals surface area contributed by atoms with Crippen molar-refractivity contribution in [1.82, 2.24) is 28.0 Å². The third-order valence-corrected chi connectivity index (χ3v) is 13.3. The summed E-state index contributed by atoms with van der Waals surface area (Å²) in [6, 6.07) is 26.6. The minimum absolute atomic E-state index is 0.0225. The SMILES string of the molecule is CN(C)C(=O)COc1cccc(S(=O)(=O)n2cc(CN(C)C(=O)OC(C)(C)C)cc2-c2ccccc2F)c1.CNCc1cc(-c2ccccc2F)n(S(=O)(=O)c2cccc(OCC(=O)N(C)C)c2)c1. The monoisotopic (exact) mass is 990 g/mol. The van der Waals surface area contributed by atoms with Gasteiger partial charge in [0.15, 0.2) is 13.2 Å². The molecule has 3 amide bonds. The van der Waals surface area contributed by atoms with Gasteiger partial charge in [-0.1, -0.05) is 36.4 Å². The van der Waals surface area contributed by atoms with Crippen LogP contribution in [0.4, 0.5) is 13.6 Å². The first-order valence-electron chi connectivity index (χ1n) is 21.3. The van der Waals surface area contributed by atoms with Gasteiger partial charge in [0.1, 0.15) is 28.7 Å². The first-order chi connectivity index (χ1) is 32.4. The van der Waals surface area contributed by atoms with Crippen LogP contribution in [0, 0.1) is 11.6 Å². The van der Waals surface area contributed by atoms with Gasteiger partial charge in [-0.25, -0.2) is 38.4 Å². The van der Waals surface area contributed by atoms with E-state index in [9.17, 15) is 40.0 Å². The molecule has 0 radical (unpaired) electrons. The Labute approximate surface area is 401 Å². The number of hydrogen-bond acceptors (Lipinski definition) is 11. The normalized spacial score (nSPS) is 11.5. The summed E-state index contributed by atoms with van der Waals surface area (Å²) in [5.74, 6) is -1.24. The molecular weight excluding hydrogens is 935 g/mol. The van der Waals surface area contributed by atoms with Gasteiger partial charge in [0.05, 0.1) is 27.7 Å². The average molecular weight is 991 g/mol. The Morgan fingerprint density at radius 2 is 1.03 bits per heavy atom. The Hall–Kier alpha value is -7.03. The molecule has 6 aromatic rings. The highest BCUT2D eigenvalue weighted by Crippen LogP contribution is 2.32. The molecule has 6 rings (SSSR count). The number of hydrogen-bond donors (Lipinski definition) is 1. The first-order valence-corrected chi connectivity index (χ1v) is 24.2. The summed E-state index contributed by atoms with van der Waals surface area (Å²) < 4.78 is 102. The van der Waals surface area contributed by atoms with Gasteiger partial charge in [-0.05, 0) is 99.6 Å². The predicted octanol–water partition coefficient (Wildman–Crippen LogP) is 7.08. The Kier molecular flexibility index (Phi) is 17.2. The predicted molar refractivity (Wildman–Crippen MR) is 257 cm³/mol. The fourth-order valence-corrected chi connectivity index (χ4v) is 9.27. The van der Waals surface area contributed by atoms with Crippen LogP contribution in [-0.2, 0) is 47.5 Å². The number of ether oxygens (including phenoxy) is 3. The molecule has 0 fully saturated rings. The maximum Gasteiger partial charge on any atom is 0.410 e. The topological polar surface area (TPSA) is 179 Å². The van der Waals surface area contributed by atoms with Crippen LogP contribution in [0.15, 0.2) is 131 Å². The molecule has 69 heavy (non-hydrogen) atoms. The number of carbonyl (C=O) groups is 3. The number of nitrogens with zero attached hydrogens (tertiary/aromatic N) is 5. The standard InChI is InChI=1S/C27H32FN3O6S.C22H24FN3O4S/c1-27(2,3)37-26(33)30(6)16-19-14-24(22-12-7-8-13-23(22)28)31(17-19)38(34,35)21-11-9-10-20(15-21)36-18-25(32)29(4)5;1-24-13-16-11-21(19-9-4-5-10-20(19)23)26(14-16)31(28,29)18-8-6-7-17(12-18)30-15-22(27)25(2)3/h7-15,17H,16,18H2,1-6H3;4-12,14,24H,13,15H2,1-3H3. The lowest BCUT2D eigenvalue weighted by molar-refractivity contribution is -0.131. The first kappa shape index (κ1) is 52.9. The van der Waals surface area contributed by atoms with Crippen molar-refractivity contribution in [2.75, 3.05) is 55.5 Å². The molecule has 0 bridgehead atoms. The average Bonchev–Trinajstić information content (AvgIpc) is 3.93. The molecule has 0 aliphatic carbocycles. The molecule has 0 aliphatic heterocycles. The van der Waals surface area contributed by atoms with Crippen molar-refractivity contribution < 1.29 is 54.2 Å². The van der Waals surface area contributed by atoms with Crippen LogP contribution in [-0.4, -0.2) is 118 Å². The second kappa shape index (κ2) is 22.4. The number of carbonyl (C=O) groups excluding carboxylic acids is 3. The highest BCUT2D eigenvalue weighted by molar-refractivity contribution is 7.90. The molecule has 2 aromatic heterocycles. The van der Waals surface area contributed by atoms with Gasteiger partial charge >= 0.3 is 6.09 Å². The van der Waals surface area contributed by atoms with E-state index in [1.165, 1.54) is 113 Å². The number of likely N-dealkylation sites (N-methyl/N-ethyl adjacent to an activating group) is 2. The largest absolute Gasteiger partial charge is 0.484 e. The number of amides is 3. The van der Waals surface area contributed by atoms with Crippen LogP contribution >= 0.6 is 0 Å². The zero-order valence-electron chi connectivity index (χ0n) is 39.8. The summed E-state index contributed by atoms with van der Waals surface area (Å²) in [4.78, 5) is 40.0. The van der Waals surface area contributed by atoms with Crippen molar-refractivity contribution in [1.29, 1.82) is 0 Å². The Bertz CT molecular complexity index is 3020. The van der Waals surface area contributed by atoms with Crippen LogP contribution in [0.25, 0.3) is 22.5 Å². The van der Waals surface area contributed by atoms with E-state index >= 15 is 0 Å². The van der Waals surface area contributed by atoms with Gasteiger partial charge in [-0.3, -0.25) is 9.59 Å². The van der Waals surface area contributed by atoms with Gasteiger partial charge in [-0.2, -0.15) is 0 Å². The van der Waals surface area contributed by atoms with E-state index < -0.39 is 43.4 Å². The van der Waals surface area contributed by atoms with Crippen molar-refractivity contribution >= 4 is 38.0 Å². The van der Waals surface area contributed by atoms with Crippen molar-refractivity contribution in [2.24, 2.45) is 0 Å². The number of rotatable bonds is 16.